The lowest BCUT2D eigenvalue weighted by Crippen LogP contribution is -2.25. The van der Waals surface area contributed by atoms with Gasteiger partial charge in [0.05, 0.1) is 12.7 Å². The minimum absolute atomic E-state index is 0. The maximum Gasteiger partial charge on any atom is 0.115 e. The molecule has 1 aliphatic heterocycles. The van der Waals surface area contributed by atoms with Gasteiger partial charge in [0.15, 0.2) is 0 Å². The summed E-state index contributed by atoms with van der Waals surface area (Å²) < 4.78 is 5.84. The molecule has 2 aromatic rings. The standard InChI is InChI=1S/C15H17N3O.ClH/c1-16-9-15-14-4-2-3-12(13(14)5-6-19-15)11-7-17-10-18-8-11;/h2-4,7-8,10,15-16H,5-6,9H2,1H3;1H/t15-;/m1./s1. The minimum Gasteiger partial charge on any atom is -0.372 e. The number of ether oxygens (including phenoxy) is 1. The van der Waals surface area contributed by atoms with Crippen LogP contribution in [0.5, 0.6) is 0 Å². The molecule has 0 fully saturated rings. The van der Waals surface area contributed by atoms with Gasteiger partial charge in [0.1, 0.15) is 6.33 Å². The average molecular weight is 292 g/mol. The topological polar surface area (TPSA) is 47.0 Å². The number of hydrogen-bond donors (Lipinski definition) is 1. The van der Waals surface area contributed by atoms with Gasteiger partial charge >= 0.3 is 0 Å². The van der Waals surface area contributed by atoms with Gasteiger partial charge in [-0.15, -0.1) is 12.4 Å². The summed E-state index contributed by atoms with van der Waals surface area (Å²) in [6, 6.07) is 6.38. The highest BCUT2D eigenvalue weighted by atomic mass is 35.5. The van der Waals surface area contributed by atoms with Crippen molar-refractivity contribution in [3.8, 4) is 11.1 Å². The summed E-state index contributed by atoms with van der Waals surface area (Å²) in [6.45, 7) is 1.60. The van der Waals surface area contributed by atoms with E-state index in [0.29, 0.717) is 0 Å². The van der Waals surface area contributed by atoms with Gasteiger partial charge in [-0.25, -0.2) is 9.97 Å². The molecule has 106 valence electrons. The first-order chi connectivity index (χ1) is 9.40. The zero-order valence-electron chi connectivity index (χ0n) is 11.4. The van der Waals surface area contributed by atoms with Crippen LogP contribution in [0.4, 0.5) is 0 Å². The summed E-state index contributed by atoms with van der Waals surface area (Å²) in [5.74, 6) is 0. The Balaban J connectivity index is 0.00000147. The molecule has 0 saturated carbocycles. The Morgan fingerprint density at radius 3 is 2.85 bits per heavy atom. The van der Waals surface area contributed by atoms with Crippen molar-refractivity contribution in [2.75, 3.05) is 20.2 Å². The van der Waals surface area contributed by atoms with Crippen LogP contribution >= 0.6 is 12.4 Å². The highest BCUT2D eigenvalue weighted by Gasteiger charge is 2.22. The number of rotatable bonds is 3. The average Bonchev–Trinajstić information content (AvgIpc) is 2.48. The molecule has 0 amide bonds. The molecule has 3 rings (SSSR count). The molecule has 0 spiro atoms. The van der Waals surface area contributed by atoms with Crippen LogP contribution in [0, 0.1) is 0 Å². The largest absolute Gasteiger partial charge is 0.372 e. The molecule has 1 aromatic heterocycles. The van der Waals surface area contributed by atoms with Crippen LogP contribution in [-0.4, -0.2) is 30.2 Å². The summed E-state index contributed by atoms with van der Waals surface area (Å²) in [4.78, 5) is 8.22. The molecule has 0 unspecified atom stereocenters. The summed E-state index contributed by atoms with van der Waals surface area (Å²) in [5, 5.41) is 3.19. The fraction of sp³-hybridized carbons (Fsp3) is 0.333. The smallest absolute Gasteiger partial charge is 0.115 e. The molecule has 0 aliphatic carbocycles. The summed E-state index contributed by atoms with van der Waals surface area (Å²) in [7, 11) is 1.95. The molecule has 1 aromatic carbocycles. The third kappa shape index (κ3) is 2.82. The van der Waals surface area contributed by atoms with E-state index in [9.17, 15) is 0 Å². The number of fused-ring (bicyclic) bond motifs is 1. The van der Waals surface area contributed by atoms with E-state index in [0.717, 1.165) is 25.1 Å². The third-order valence-corrected chi connectivity index (χ3v) is 3.49. The van der Waals surface area contributed by atoms with Crippen LogP contribution in [0.25, 0.3) is 11.1 Å². The minimum atomic E-state index is 0. The van der Waals surface area contributed by atoms with Gasteiger partial charge in [0.25, 0.3) is 0 Å². The van der Waals surface area contributed by atoms with Crippen molar-refractivity contribution in [1.82, 2.24) is 15.3 Å². The van der Waals surface area contributed by atoms with Gasteiger partial charge in [-0.2, -0.15) is 0 Å². The predicted molar refractivity (Wildman–Crippen MR) is 81.0 cm³/mol. The SMILES string of the molecule is CNC[C@H]1OCCc2c(-c3cncnc3)cccc21.Cl. The van der Waals surface area contributed by atoms with Crippen molar-refractivity contribution >= 4 is 12.4 Å². The van der Waals surface area contributed by atoms with E-state index in [1.807, 2.05) is 19.4 Å². The van der Waals surface area contributed by atoms with Crippen LogP contribution in [-0.2, 0) is 11.2 Å². The van der Waals surface area contributed by atoms with E-state index >= 15 is 0 Å². The van der Waals surface area contributed by atoms with Crippen LogP contribution in [0.15, 0.2) is 36.9 Å². The van der Waals surface area contributed by atoms with Crippen molar-refractivity contribution in [2.24, 2.45) is 0 Å². The lowest BCUT2D eigenvalue weighted by atomic mass is 9.90. The Morgan fingerprint density at radius 2 is 2.10 bits per heavy atom. The van der Waals surface area contributed by atoms with E-state index in [2.05, 4.69) is 33.5 Å². The van der Waals surface area contributed by atoms with Gasteiger partial charge in [0, 0.05) is 24.5 Å². The molecule has 1 N–H and O–H groups in total. The van der Waals surface area contributed by atoms with Gasteiger partial charge in [-0.3, -0.25) is 0 Å². The van der Waals surface area contributed by atoms with E-state index in [1.54, 1.807) is 6.33 Å². The number of nitrogens with zero attached hydrogens (tertiary/aromatic N) is 2. The van der Waals surface area contributed by atoms with Gasteiger partial charge in [0.2, 0.25) is 0 Å². The van der Waals surface area contributed by atoms with E-state index in [1.165, 1.54) is 16.7 Å². The first kappa shape index (κ1) is 14.9. The van der Waals surface area contributed by atoms with Crippen molar-refractivity contribution < 1.29 is 4.74 Å². The Kier molecular flexibility index (Phi) is 5.06. The molecule has 1 aliphatic rings. The fourth-order valence-corrected chi connectivity index (χ4v) is 2.64. The molecule has 4 nitrogen and oxygen atoms in total. The number of nitrogens with one attached hydrogen (secondary N) is 1. The van der Waals surface area contributed by atoms with Gasteiger partial charge in [-0.05, 0) is 30.2 Å². The van der Waals surface area contributed by atoms with E-state index < -0.39 is 0 Å². The van der Waals surface area contributed by atoms with Crippen molar-refractivity contribution in [3.63, 3.8) is 0 Å². The van der Waals surface area contributed by atoms with Crippen LogP contribution < -0.4 is 5.32 Å². The zero-order chi connectivity index (χ0) is 13.1. The third-order valence-electron chi connectivity index (χ3n) is 3.49. The normalized spacial score (nSPS) is 17.1. The molecule has 0 radical (unpaired) electrons. The number of aromatic nitrogens is 2. The second-order valence-corrected chi connectivity index (χ2v) is 4.67. The summed E-state index contributed by atoms with van der Waals surface area (Å²) >= 11 is 0. The monoisotopic (exact) mass is 291 g/mol. The first-order valence-corrected chi connectivity index (χ1v) is 6.53. The highest BCUT2D eigenvalue weighted by Crippen LogP contribution is 2.33. The Bertz CT molecular complexity index is 562. The van der Waals surface area contributed by atoms with Crippen molar-refractivity contribution in [1.29, 1.82) is 0 Å². The molecule has 1 atom stereocenters. The Hall–Kier alpha value is -1.49. The number of likely N-dealkylation sites (N-methyl/N-ethyl adjacent to an activating group) is 1. The first-order valence-electron chi connectivity index (χ1n) is 6.53. The lowest BCUT2D eigenvalue weighted by Gasteiger charge is -2.27. The van der Waals surface area contributed by atoms with Crippen molar-refractivity contribution in [3.05, 3.63) is 48.0 Å². The number of hydrogen-bond acceptors (Lipinski definition) is 4. The van der Waals surface area contributed by atoms with Crippen LogP contribution in [0.1, 0.15) is 17.2 Å². The molecular weight excluding hydrogens is 274 g/mol. The number of halogens is 1. The highest BCUT2D eigenvalue weighted by molar-refractivity contribution is 5.85. The molecular formula is C15H18ClN3O. The number of benzene rings is 1. The molecule has 5 heteroatoms. The maximum absolute atomic E-state index is 5.84. The second-order valence-electron chi connectivity index (χ2n) is 4.67. The fourth-order valence-electron chi connectivity index (χ4n) is 2.64. The molecule has 2 heterocycles. The van der Waals surface area contributed by atoms with Crippen LogP contribution in [0.3, 0.4) is 0 Å². The van der Waals surface area contributed by atoms with Gasteiger partial charge in [-0.1, -0.05) is 18.2 Å². The zero-order valence-corrected chi connectivity index (χ0v) is 12.2. The van der Waals surface area contributed by atoms with E-state index in [-0.39, 0.29) is 18.5 Å². The maximum atomic E-state index is 5.84. The summed E-state index contributed by atoms with van der Waals surface area (Å²) in [5.41, 5.74) is 4.94. The summed E-state index contributed by atoms with van der Waals surface area (Å²) in [6.07, 6.45) is 6.38. The Morgan fingerprint density at radius 1 is 1.30 bits per heavy atom. The molecule has 0 saturated heterocycles. The van der Waals surface area contributed by atoms with Crippen molar-refractivity contribution in [2.45, 2.75) is 12.5 Å². The van der Waals surface area contributed by atoms with Gasteiger partial charge < -0.3 is 10.1 Å². The quantitative estimate of drug-likeness (QED) is 0.943. The van der Waals surface area contributed by atoms with E-state index in [4.69, 9.17) is 4.74 Å². The molecule has 20 heavy (non-hydrogen) atoms. The second kappa shape index (κ2) is 6.79. The van der Waals surface area contributed by atoms with Crippen LogP contribution in [0.2, 0.25) is 0 Å². The Labute approximate surface area is 125 Å². The predicted octanol–water partition coefficient (Wildman–Crippen LogP) is 2.40. The lowest BCUT2D eigenvalue weighted by molar-refractivity contribution is 0.0440. The molecule has 0 bridgehead atoms.